The summed E-state index contributed by atoms with van der Waals surface area (Å²) < 4.78 is 3.40. The Bertz CT molecular complexity index is 1070. The molecule has 2 N–H and O–H groups in total. The van der Waals surface area contributed by atoms with Crippen LogP contribution in [-0.2, 0) is 18.7 Å². The quantitative estimate of drug-likeness (QED) is 0.362. The molecule has 0 unspecified atom stereocenters. The molecule has 0 aliphatic rings. The third kappa shape index (κ3) is 3.84. The molecular formula is C19H22N8S. The van der Waals surface area contributed by atoms with Crippen molar-refractivity contribution in [2.45, 2.75) is 43.6 Å². The Morgan fingerprint density at radius 2 is 1.86 bits per heavy atom. The molecule has 0 aliphatic carbocycles. The van der Waals surface area contributed by atoms with E-state index in [2.05, 4.69) is 63.0 Å². The van der Waals surface area contributed by atoms with E-state index in [-0.39, 0.29) is 0 Å². The number of rotatable bonds is 8. The predicted molar refractivity (Wildman–Crippen MR) is 109 cm³/mol. The predicted octanol–water partition coefficient (Wildman–Crippen LogP) is 2.81. The zero-order valence-electron chi connectivity index (χ0n) is 15.7. The normalized spacial score (nSPS) is 11.3. The second kappa shape index (κ2) is 8.39. The fourth-order valence-corrected chi connectivity index (χ4v) is 3.89. The molecule has 0 saturated heterocycles. The van der Waals surface area contributed by atoms with Crippen molar-refractivity contribution in [1.82, 2.24) is 35.1 Å². The van der Waals surface area contributed by atoms with Gasteiger partial charge < -0.3 is 5.84 Å². The van der Waals surface area contributed by atoms with Crippen molar-refractivity contribution in [1.29, 1.82) is 0 Å². The summed E-state index contributed by atoms with van der Waals surface area (Å²) in [6.07, 6.45) is 2.77. The van der Waals surface area contributed by atoms with Gasteiger partial charge in [0.25, 0.3) is 0 Å². The molecule has 0 aliphatic heterocycles. The molecule has 28 heavy (non-hydrogen) atoms. The van der Waals surface area contributed by atoms with Gasteiger partial charge in [-0.25, -0.2) is 9.36 Å². The first-order chi connectivity index (χ1) is 13.8. The van der Waals surface area contributed by atoms with Crippen LogP contribution in [0.15, 0.2) is 47.6 Å². The number of nitrogen functional groups attached to an aromatic ring is 1. The fourth-order valence-electron chi connectivity index (χ4n) is 3.08. The molecule has 0 spiro atoms. The lowest BCUT2D eigenvalue weighted by atomic mass is 10.0. The monoisotopic (exact) mass is 394 g/mol. The molecular weight excluding hydrogens is 372 g/mol. The SMILES string of the molecule is CCCCn1nnnc1CSc1nnc(Cc2cccc3ccccc23)n1N. The highest BCUT2D eigenvalue weighted by Crippen LogP contribution is 2.23. The summed E-state index contributed by atoms with van der Waals surface area (Å²) in [7, 11) is 0. The van der Waals surface area contributed by atoms with Gasteiger partial charge in [-0.2, -0.15) is 0 Å². The van der Waals surface area contributed by atoms with E-state index in [9.17, 15) is 0 Å². The Balaban J connectivity index is 1.48. The Morgan fingerprint density at radius 1 is 1.00 bits per heavy atom. The molecule has 144 valence electrons. The van der Waals surface area contributed by atoms with Crippen molar-refractivity contribution < 1.29 is 0 Å². The van der Waals surface area contributed by atoms with Gasteiger partial charge in [0, 0.05) is 13.0 Å². The van der Waals surface area contributed by atoms with E-state index in [1.807, 2.05) is 16.8 Å². The molecule has 0 bridgehead atoms. The zero-order valence-corrected chi connectivity index (χ0v) is 16.5. The van der Waals surface area contributed by atoms with Gasteiger partial charge in [-0.1, -0.05) is 67.6 Å². The van der Waals surface area contributed by atoms with Crippen LogP contribution in [0.3, 0.4) is 0 Å². The number of tetrazole rings is 1. The highest BCUT2D eigenvalue weighted by Gasteiger charge is 2.14. The average Bonchev–Trinajstić information content (AvgIpc) is 3.32. The van der Waals surface area contributed by atoms with Gasteiger partial charge in [0.05, 0.1) is 5.75 Å². The van der Waals surface area contributed by atoms with E-state index in [1.165, 1.54) is 28.1 Å². The molecule has 0 fully saturated rings. The first-order valence-corrected chi connectivity index (χ1v) is 10.3. The highest BCUT2D eigenvalue weighted by atomic mass is 32.2. The second-order valence-corrected chi connectivity index (χ2v) is 7.49. The van der Waals surface area contributed by atoms with Gasteiger partial charge in [0.1, 0.15) is 0 Å². The number of benzene rings is 2. The Labute approximate surface area is 167 Å². The van der Waals surface area contributed by atoms with Gasteiger partial charge in [-0.05, 0) is 33.2 Å². The number of hydrogen-bond donors (Lipinski definition) is 1. The van der Waals surface area contributed by atoms with Crippen LogP contribution in [0.2, 0.25) is 0 Å². The summed E-state index contributed by atoms with van der Waals surface area (Å²) in [6.45, 7) is 2.97. The second-order valence-electron chi connectivity index (χ2n) is 6.54. The number of aryl methyl sites for hydroxylation is 1. The fraction of sp³-hybridized carbons (Fsp3) is 0.316. The number of nitrogens with zero attached hydrogens (tertiary/aromatic N) is 7. The van der Waals surface area contributed by atoms with Crippen LogP contribution < -0.4 is 5.84 Å². The maximum absolute atomic E-state index is 6.27. The lowest BCUT2D eigenvalue weighted by molar-refractivity contribution is 0.540. The highest BCUT2D eigenvalue weighted by molar-refractivity contribution is 7.98. The topological polar surface area (TPSA) is 100 Å². The number of hydrogen-bond acceptors (Lipinski definition) is 7. The van der Waals surface area contributed by atoms with E-state index < -0.39 is 0 Å². The smallest absolute Gasteiger partial charge is 0.210 e. The van der Waals surface area contributed by atoms with Crippen LogP contribution in [0.4, 0.5) is 0 Å². The maximum atomic E-state index is 6.27. The van der Waals surface area contributed by atoms with Crippen molar-refractivity contribution >= 4 is 22.5 Å². The van der Waals surface area contributed by atoms with Crippen molar-refractivity contribution in [2.24, 2.45) is 0 Å². The van der Waals surface area contributed by atoms with E-state index in [0.717, 1.165) is 31.0 Å². The van der Waals surface area contributed by atoms with Crippen molar-refractivity contribution in [3.63, 3.8) is 0 Å². The van der Waals surface area contributed by atoms with Gasteiger partial charge in [0.2, 0.25) is 5.16 Å². The lowest BCUT2D eigenvalue weighted by Crippen LogP contribution is -2.14. The summed E-state index contributed by atoms with van der Waals surface area (Å²) in [5.41, 5.74) is 1.18. The standard InChI is InChI=1S/C19H22N8S/c1-2-3-11-26-18(22-24-25-26)13-28-19-23-21-17(27(19)20)12-15-9-6-8-14-7-4-5-10-16(14)15/h4-10H,2-3,11-13,20H2,1H3. The number of nitrogens with two attached hydrogens (primary N) is 1. The van der Waals surface area contributed by atoms with Crippen LogP contribution in [0.5, 0.6) is 0 Å². The van der Waals surface area contributed by atoms with Crippen LogP contribution >= 0.6 is 11.8 Å². The molecule has 2 aromatic heterocycles. The van der Waals surface area contributed by atoms with Gasteiger partial charge in [-0.15, -0.1) is 15.3 Å². The van der Waals surface area contributed by atoms with Gasteiger partial charge in [0.15, 0.2) is 11.6 Å². The Kier molecular flexibility index (Phi) is 5.52. The number of fused-ring (bicyclic) bond motifs is 1. The van der Waals surface area contributed by atoms with Crippen molar-refractivity contribution in [2.75, 3.05) is 5.84 Å². The number of thioether (sulfide) groups is 1. The minimum absolute atomic E-state index is 0.598. The molecule has 0 amide bonds. The summed E-state index contributed by atoms with van der Waals surface area (Å²) in [4.78, 5) is 0. The number of aromatic nitrogens is 7. The van der Waals surface area contributed by atoms with Gasteiger partial charge in [-0.3, -0.25) is 0 Å². The van der Waals surface area contributed by atoms with E-state index in [1.54, 1.807) is 4.68 Å². The summed E-state index contributed by atoms with van der Waals surface area (Å²) >= 11 is 1.49. The van der Waals surface area contributed by atoms with E-state index in [4.69, 9.17) is 5.84 Å². The molecule has 0 atom stereocenters. The van der Waals surface area contributed by atoms with Crippen LogP contribution in [-0.4, -0.2) is 35.1 Å². The van der Waals surface area contributed by atoms with Crippen molar-refractivity contribution in [3.8, 4) is 0 Å². The minimum atomic E-state index is 0.598. The molecule has 4 aromatic rings. The first kappa shape index (κ1) is 18.4. The van der Waals surface area contributed by atoms with Crippen LogP contribution in [0.1, 0.15) is 37.0 Å². The lowest BCUT2D eigenvalue weighted by Gasteiger charge is -2.07. The summed E-state index contributed by atoms with van der Waals surface area (Å²) in [5.74, 6) is 8.41. The average molecular weight is 395 g/mol. The molecule has 2 heterocycles. The Morgan fingerprint density at radius 3 is 2.75 bits per heavy atom. The van der Waals surface area contributed by atoms with E-state index >= 15 is 0 Å². The third-order valence-electron chi connectivity index (χ3n) is 4.62. The van der Waals surface area contributed by atoms with Crippen LogP contribution in [0, 0.1) is 0 Å². The largest absolute Gasteiger partial charge is 0.336 e. The molecule has 8 nitrogen and oxygen atoms in total. The maximum Gasteiger partial charge on any atom is 0.210 e. The summed E-state index contributed by atoms with van der Waals surface area (Å²) in [5, 5.41) is 23.5. The van der Waals surface area contributed by atoms with Gasteiger partial charge >= 0.3 is 0 Å². The first-order valence-electron chi connectivity index (χ1n) is 9.30. The van der Waals surface area contributed by atoms with E-state index in [0.29, 0.717) is 17.3 Å². The minimum Gasteiger partial charge on any atom is -0.336 e. The molecule has 2 aromatic carbocycles. The molecule has 0 radical (unpaired) electrons. The zero-order chi connectivity index (χ0) is 19.3. The third-order valence-corrected chi connectivity index (χ3v) is 5.56. The Hall–Kier alpha value is -2.94. The van der Waals surface area contributed by atoms with Crippen LogP contribution in [0.25, 0.3) is 10.8 Å². The summed E-state index contributed by atoms with van der Waals surface area (Å²) in [6, 6.07) is 14.6. The number of unbranched alkanes of at least 4 members (excludes halogenated alkanes) is 1. The van der Waals surface area contributed by atoms with Crippen molar-refractivity contribution in [3.05, 3.63) is 59.7 Å². The molecule has 4 rings (SSSR count). The molecule has 9 heteroatoms. The molecule has 0 saturated carbocycles.